The largest absolute Gasteiger partial charge is 0.395 e. The van der Waals surface area contributed by atoms with Gasteiger partial charge in [-0.05, 0) is 6.42 Å². The lowest BCUT2D eigenvalue weighted by atomic mass is 9.69. The average Bonchev–Trinajstić information content (AvgIpc) is 2.06. The van der Waals surface area contributed by atoms with Gasteiger partial charge in [-0.15, -0.1) is 0 Å². The Bertz CT molecular complexity index is 282. The summed E-state index contributed by atoms with van der Waals surface area (Å²) in [7, 11) is 0. The van der Waals surface area contributed by atoms with Gasteiger partial charge >= 0.3 is 6.18 Å². The minimum Gasteiger partial charge on any atom is -0.170 e. The van der Waals surface area contributed by atoms with E-state index in [2.05, 4.69) is 0 Å². The SMILES string of the molecule is CCCC1=CC=CC(C(F)(F)F)C1(C)C. The molecule has 0 heterocycles. The van der Waals surface area contributed by atoms with E-state index in [9.17, 15) is 13.2 Å². The maximum atomic E-state index is 12.8. The molecule has 1 rings (SSSR count). The summed E-state index contributed by atoms with van der Waals surface area (Å²) in [6, 6.07) is 0. The fraction of sp³-hybridized carbons (Fsp3) is 0.667. The third kappa shape index (κ3) is 2.44. The molecular formula is C12H17F3. The van der Waals surface area contributed by atoms with Crippen LogP contribution in [0.15, 0.2) is 23.8 Å². The monoisotopic (exact) mass is 218 g/mol. The van der Waals surface area contributed by atoms with Crippen LogP contribution in [0.5, 0.6) is 0 Å². The Morgan fingerprint density at radius 2 is 1.93 bits per heavy atom. The van der Waals surface area contributed by atoms with Crippen LogP contribution < -0.4 is 0 Å². The van der Waals surface area contributed by atoms with E-state index in [0.29, 0.717) is 0 Å². The third-order valence-electron chi connectivity index (χ3n) is 3.08. The molecule has 0 amide bonds. The topological polar surface area (TPSA) is 0 Å². The Balaban J connectivity index is 2.98. The molecule has 1 aliphatic rings. The lowest BCUT2D eigenvalue weighted by Crippen LogP contribution is -2.37. The molecule has 1 aliphatic carbocycles. The minimum absolute atomic E-state index is 0.740. The molecule has 0 nitrogen and oxygen atoms in total. The molecule has 0 saturated heterocycles. The van der Waals surface area contributed by atoms with Crippen LogP contribution in [0.1, 0.15) is 33.6 Å². The van der Waals surface area contributed by atoms with E-state index in [4.69, 9.17) is 0 Å². The zero-order valence-corrected chi connectivity index (χ0v) is 9.36. The van der Waals surface area contributed by atoms with Gasteiger partial charge < -0.3 is 0 Å². The predicted octanol–water partition coefficient (Wildman–Crippen LogP) is 4.49. The fourth-order valence-electron chi connectivity index (χ4n) is 2.13. The van der Waals surface area contributed by atoms with E-state index in [0.717, 1.165) is 18.4 Å². The minimum atomic E-state index is -4.15. The zero-order valence-electron chi connectivity index (χ0n) is 9.36. The van der Waals surface area contributed by atoms with Crippen LogP contribution in [0.25, 0.3) is 0 Å². The lowest BCUT2D eigenvalue weighted by molar-refractivity contribution is -0.182. The summed E-state index contributed by atoms with van der Waals surface area (Å²) in [6.07, 6.45) is 2.10. The molecule has 0 aromatic carbocycles. The van der Waals surface area contributed by atoms with E-state index in [1.165, 1.54) is 12.2 Å². The third-order valence-corrected chi connectivity index (χ3v) is 3.08. The Labute approximate surface area is 88.9 Å². The molecule has 15 heavy (non-hydrogen) atoms. The maximum Gasteiger partial charge on any atom is 0.395 e. The normalized spacial score (nSPS) is 25.2. The van der Waals surface area contributed by atoms with E-state index >= 15 is 0 Å². The van der Waals surface area contributed by atoms with Gasteiger partial charge in [0.05, 0.1) is 5.92 Å². The predicted molar refractivity (Wildman–Crippen MR) is 55.5 cm³/mol. The number of rotatable bonds is 2. The van der Waals surface area contributed by atoms with Crippen molar-refractivity contribution in [2.75, 3.05) is 0 Å². The van der Waals surface area contributed by atoms with Crippen molar-refractivity contribution >= 4 is 0 Å². The summed E-state index contributed by atoms with van der Waals surface area (Å²) < 4.78 is 38.3. The lowest BCUT2D eigenvalue weighted by Gasteiger charge is -2.38. The first-order valence-corrected chi connectivity index (χ1v) is 5.24. The van der Waals surface area contributed by atoms with Gasteiger partial charge in [-0.1, -0.05) is 51.0 Å². The summed E-state index contributed by atoms with van der Waals surface area (Å²) in [5.41, 5.74) is 0.0954. The van der Waals surface area contributed by atoms with Crippen LogP contribution in [-0.2, 0) is 0 Å². The summed E-state index contributed by atoms with van der Waals surface area (Å²) >= 11 is 0. The highest BCUT2D eigenvalue weighted by atomic mass is 19.4. The van der Waals surface area contributed by atoms with Crippen molar-refractivity contribution in [1.82, 2.24) is 0 Å². The molecule has 86 valence electrons. The number of allylic oxidation sites excluding steroid dienone is 4. The fourth-order valence-corrected chi connectivity index (χ4v) is 2.13. The van der Waals surface area contributed by atoms with Crippen molar-refractivity contribution in [2.24, 2.45) is 11.3 Å². The second-order valence-electron chi connectivity index (χ2n) is 4.57. The van der Waals surface area contributed by atoms with Crippen LogP contribution >= 0.6 is 0 Å². The van der Waals surface area contributed by atoms with Gasteiger partial charge in [-0.25, -0.2) is 0 Å². The molecule has 1 atom stereocenters. The number of halogens is 3. The average molecular weight is 218 g/mol. The van der Waals surface area contributed by atoms with Crippen LogP contribution in [-0.4, -0.2) is 6.18 Å². The molecule has 0 spiro atoms. The van der Waals surface area contributed by atoms with Crippen molar-refractivity contribution in [2.45, 2.75) is 39.8 Å². The standard InChI is InChI=1S/C12H17F3/c1-4-6-9-7-5-8-10(11(9,2)3)12(13,14)15/h5,7-8,10H,4,6H2,1-3H3. The summed E-state index contributed by atoms with van der Waals surface area (Å²) in [5, 5.41) is 0. The highest BCUT2D eigenvalue weighted by Gasteiger charge is 2.49. The van der Waals surface area contributed by atoms with Crippen LogP contribution in [0.2, 0.25) is 0 Å². The number of hydrogen-bond acceptors (Lipinski definition) is 0. The Hall–Kier alpha value is -0.730. The smallest absolute Gasteiger partial charge is 0.170 e. The Kier molecular flexibility index (Phi) is 3.31. The zero-order chi connectivity index (χ0) is 11.7. The molecule has 0 N–H and O–H groups in total. The van der Waals surface area contributed by atoms with Crippen molar-refractivity contribution < 1.29 is 13.2 Å². The molecule has 0 saturated carbocycles. The second kappa shape index (κ2) is 4.03. The van der Waals surface area contributed by atoms with E-state index in [1.807, 2.05) is 13.0 Å². The van der Waals surface area contributed by atoms with Crippen LogP contribution in [0.3, 0.4) is 0 Å². The van der Waals surface area contributed by atoms with Gasteiger partial charge in [0, 0.05) is 5.41 Å². The van der Waals surface area contributed by atoms with Gasteiger partial charge in [-0.2, -0.15) is 13.2 Å². The van der Waals surface area contributed by atoms with E-state index in [-0.39, 0.29) is 0 Å². The Morgan fingerprint density at radius 3 is 2.40 bits per heavy atom. The van der Waals surface area contributed by atoms with Crippen LogP contribution in [0, 0.1) is 11.3 Å². The van der Waals surface area contributed by atoms with E-state index in [1.54, 1.807) is 13.8 Å². The second-order valence-corrected chi connectivity index (χ2v) is 4.57. The van der Waals surface area contributed by atoms with Gasteiger partial charge in [-0.3, -0.25) is 0 Å². The molecule has 0 bridgehead atoms. The summed E-state index contributed by atoms with van der Waals surface area (Å²) in [4.78, 5) is 0. The van der Waals surface area contributed by atoms with Gasteiger partial charge in [0.1, 0.15) is 0 Å². The first kappa shape index (κ1) is 12.3. The first-order valence-electron chi connectivity index (χ1n) is 5.24. The van der Waals surface area contributed by atoms with Gasteiger partial charge in [0.2, 0.25) is 0 Å². The molecular weight excluding hydrogens is 201 g/mol. The van der Waals surface area contributed by atoms with E-state index < -0.39 is 17.5 Å². The molecule has 1 unspecified atom stereocenters. The molecule has 0 fully saturated rings. The Morgan fingerprint density at radius 1 is 1.33 bits per heavy atom. The van der Waals surface area contributed by atoms with Crippen LogP contribution in [0.4, 0.5) is 13.2 Å². The maximum absolute atomic E-state index is 12.8. The molecule has 0 aromatic heterocycles. The molecule has 0 aromatic rings. The number of alkyl halides is 3. The highest BCUT2D eigenvalue weighted by molar-refractivity contribution is 5.28. The molecule has 0 radical (unpaired) electrons. The van der Waals surface area contributed by atoms with Gasteiger partial charge in [0.15, 0.2) is 0 Å². The van der Waals surface area contributed by atoms with Crippen molar-refractivity contribution in [3.63, 3.8) is 0 Å². The summed E-state index contributed by atoms with van der Waals surface area (Å²) in [5.74, 6) is -1.35. The molecule has 0 aliphatic heterocycles. The van der Waals surface area contributed by atoms with Gasteiger partial charge in [0.25, 0.3) is 0 Å². The first-order chi connectivity index (χ1) is 6.80. The van der Waals surface area contributed by atoms with Crippen molar-refractivity contribution in [3.8, 4) is 0 Å². The summed E-state index contributed by atoms with van der Waals surface area (Å²) in [6.45, 7) is 5.34. The quantitative estimate of drug-likeness (QED) is 0.640. The van der Waals surface area contributed by atoms with Crippen molar-refractivity contribution in [3.05, 3.63) is 23.8 Å². The number of hydrogen-bond donors (Lipinski definition) is 0. The highest BCUT2D eigenvalue weighted by Crippen LogP contribution is 2.48. The molecule has 3 heteroatoms. The van der Waals surface area contributed by atoms with Crippen molar-refractivity contribution in [1.29, 1.82) is 0 Å².